The van der Waals surface area contributed by atoms with E-state index in [1.54, 1.807) is 12.3 Å². The minimum absolute atomic E-state index is 0.114. The Morgan fingerprint density at radius 3 is 2.67 bits per heavy atom. The summed E-state index contributed by atoms with van der Waals surface area (Å²) in [5, 5.41) is 14.9. The second-order valence-corrected chi connectivity index (χ2v) is 13.8. The quantitative estimate of drug-likeness (QED) is 0.407. The fraction of sp³-hybridized carbons (Fsp3) is 0.606. The highest BCUT2D eigenvalue weighted by molar-refractivity contribution is 5.92. The van der Waals surface area contributed by atoms with Gasteiger partial charge in [0.25, 0.3) is 0 Å². The first-order chi connectivity index (χ1) is 20.8. The molecule has 6 atom stereocenters. The fourth-order valence-corrected chi connectivity index (χ4v) is 8.75. The average molecular weight is 591 g/mol. The molecule has 6 heterocycles. The maximum Gasteiger partial charge on any atom is 0.319 e. The maximum atomic E-state index is 16.8. The highest BCUT2D eigenvalue weighted by Gasteiger charge is 2.49. The third-order valence-electron chi connectivity index (χ3n) is 10.9. The molecule has 0 amide bonds. The van der Waals surface area contributed by atoms with Crippen LogP contribution in [0.2, 0.25) is 0 Å². The normalized spacial score (nSPS) is 31.9. The zero-order valence-electron chi connectivity index (χ0n) is 25.0. The molecule has 4 saturated heterocycles. The number of pyridine rings is 1. The molecule has 10 heteroatoms. The van der Waals surface area contributed by atoms with Crippen molar-refractivity contribution in [3.8, 4) is 23.0 Å². The summed E-state index contributed by atoms with van der Waals surface area (Å²) in [5.74, 6) is 0.697. The largest absolute Gasteiger partial charge is 0.508 e. The zero-order valence-corrected chi connectivity index (χ0v) is 25.0. The van der Waals surface area contributed by atoms with E-state index in [0.29, 0.717) is 41.8 Å². The first-order valence-corrected chi connectivity index (χ1v) is 16.0. The van der Waals surface area contributed by atoms with Gasteiger partial charge < -0.3 is 20.1 Å². The van der Waals surface area contributed by atoms with E-state index in [4.69, 9.17) is 9.72 Å². The Morgan fingerprint density at radius 2 is 1.86 bits per heavy atom. The SMILES string of the molecule is CC1CCC(C)c2c(-c3ncc4c(N5C[C@H]6CC[C@@H](C5)N6)nc(OC[C@@]56CCCN5C[C@H](F)C6)nc4c3F)cc(O)cc21. The van der Waals surface area contributed by atoms with Crippen LogP contribution >= 0.6 is 0 Å². The number of phenols is 1. The van der Waals surface area contributed by atoms with Crippen LogP contribution in [0.25, 0.3) is 22.2 Å². The fourth-order valence-electron chi connectivity index (χ4n) is 8.75. The summed E-state index contributed by atoms with van der Waals surface area (Å²) in [6.07, 6.45) is 7.37. The van der Waals surface area contributed by atoms with Gasteiger partial charge in [-0.25, -0.2) is 8.78 Å². The highest BCUT2D eigenvalue weighted by atomic mass is 19.1. The van der Waals surface area contributed by atoms with E-state index in [0.717, 1.165) is 69.3 Å². The van der Waals surface area contributed by atoms with Crippen molar-refractivity contribution in [3.05, 3.63) is 35.3 Å². The van der Waals surface area contributed by atoms with Crippen LogP contribution in [0.1, 0.15) is 81.8 Å². The third-order valence-corrected chi connectivity index (χ3v) is 10.9. The smallest absolute Gasteiger partial charge is 0.319 e. The van der Waals surface area contributed by atoms with Crippen LogP contribution in [0.4, 0.5) is 14.6 Å². The molecule has 228 valence electrons. The predicted octanol–water partition coefficient (Wildman–Crippen LogP) is 5.43. The molecule has 2 aromatic heterocycles. The number of phenolic OH excluding ortho intramolecular Hbond substituents is 1. The summed E-state index contributed by atoms with van der Waals surface area (Å²) >= 11 is 0. The molecule has 0 radical (unpaired) electrons. The van der Waals surface area contributed by atoms with Crippen molar-refractivity contribution < 1.29 is 18.6 Å². The summed E-state index contributed by atoms with van der Waals surface area (Å²) in [7, 11) is 0. The van der Waals surface area contributed by atoms with Crippen molar-refractivity contribution >= 4 is 16.7 Å². The molecule has 2 bridgehead atoms. The molecule has 4 fully saturated rings. The minimum Gasteiger partial charge on any atom is -0.508 e. The molecule has 3 aromatic rings. The summed E-state index contributed by atoms with van der Waals surface area (Å²) in [4.78, 5) is 18.6. The second-order valence-electron chi connectivity index (χ2n) is 13.8. The number of fused-ring (bicyclic) bond motifs is 5. The van der Waals surface area contributed by atoms with Gasteiger partial charge in [-0.3, -0.25) is 9.88 Å². The highest BCUT2D eigenvalue weighted by Crippen LogP contribution is 2.46. The number of nitrogens with one attached hydrogen (secondary N) is 1. The summed E-state index contributed by atoms with van der Waals surface area (Å²) in [6.45, 7) is 7.43. The number of benzene rings is 1. The number of halogens is 2. The second kappa shape index (κ2) is 10.2. The van der Waals surface area contributed by atoms with Gasteiger partial charge in [0, 0.05) is 49.9 Å². The number of hydrogen-bond donors (Lipinski definition) is 2. The summed E-state index contributed by atoms with van der Waals surface area (Å²) in [5.41, 5.74) is 2.72. The lowest BCUT2D eigenvalue weighted by Gasteiger charge is -2.34. The van der Waals surface area contributed by atoms with Crippen molar-refractivity contribution in [1.29, 1.82) is 0 Å². The van der Waals surface area contributed by atoms with E-state index in [1.807, 2.05) is 6.07 Å². The Hall–Kier alpha value is -3.11. The lowest BCUT2D eigenvalue weighted by atomic mass is 9.75. The van der Waals surface area contributed by atoms with Crippen LogP contribution in [0, 0.1) is 5.82 Å². The van der Waals surface area contributed by atoms with Gasteiger partial charge >= 0.3 is 6.01 Å². The molecule has 4 aliphatic heterocycles. The van der Waals surface area contributed by atoms with Crippen molar-refractivity contribution in [2.24, 2.45) is 0 Å². The number of rotatable bonds is 5. The van der Waals surface area contributed by atoms with Crippen LogP contribution in [0.3, 0.4) is 0 Å². The molecular formula is C33H40F2N6O2. The van der Waals surface area contributed by atoms with Gasteiger partial charge in [-0.1, -0.05) is 13.8 Å². The Balaban J connectivity index is 1.24. The van der Waals surface area contributed by atoms with Gasteiger partial charge in [-0.15, -0.1) is 0 Å². The first kappa shape index (κ1) is 27.4. The maximum absolute atomic E-state index is 16.8. The lowest BCUT2D eigenvalue weighted by molar-refractivity contribution is 0.107. The molecule has 5 aliphatic rings. The molecule has 1 aromatic carbocycles. The Labute approximate surface area is 250 Å². The van der Waals surface area contributed by atoms with Crippen molar-refractivity contribution in [2.45, 2.75) is 94.4 Å². The van der Waals surface area contributed by atoms with Gasteiger partial charge in [0.2, 0.25) is 0 Å². The molecule has 2 N–H and O–H groups in total. The number of anilines is 1. The molecule has 0 spiro atoms. The average Bonchev–Trinajstić information content (AvgIpc) is 3.63. The van der Waals surface area contributed by atoms with Gasteiger partial charge in [-0.2, -0.15) is 9.97 Å². The number of aromatic nitrogens is 3. The molecule has 0 saturated carbocycles. The molecule has 43 heavy (non-hydrogen) atoms. The van der Waals surface area contributed by atoms with E-state index >= 15 is 4.39 Å². The zero-order chi connectivity index (χ0) is 29.5. The predicted molar refractivity (Wildman–Crippen MR) is 161 cm³/mol. The van der Waals surface area contributed by atoms with Crippen molar-refractivity contribution in [2.75, 3.05) is 37.7 Å². The molecule has 2 unspecified atom stereocenters. The van der Waals surface area contributed by atoms with Crippen LogP contribution in [0.15, 0.2) is 18.3 Å². The number of piperazine rings is 1. The Kier molecular flexibility index (Phi) is 6.53. The summed E-state index contributed by atoms with van der Waals surface area (Å²) < 4.78 is 37.5. The lowest BCUT2D eigenvalue weighted by Crippen LogP contribution is -2.51. The van der Waals surface area contributed by atoms with Crippen LogP contribution in [-0.2, 0) is 0 Å². The van der Waals surface area contributed by atoms with E-state index < -0.39 is 12.0 Å². The van der Waals surface area contributed by atoms with Crippen molar-refractivity contribution in [3.63, 3.8) is 0 Å². The number of ether oxygens (including phenoxy) is 1. The molecule has 8 nitrogen and oxygen atoms in total. The van der Waals surface area contributed by atoms with E-state index in [9.17, 15) is 9.50 Å². The van der Waals surface area contributed by atoms with Gasteiger partial charge in [0.15, 0.2) is 5.82 Å². The van der Waals surface area contributed by atoms with Gasteiger partial charge in [-0.05, 0) is 80.2 Å². The topological polar surface area (TPSA) is 86.6 Å². The molecule has 8 rings (SSSR count). The monoisotopic (exact) mass is 590 g/mol. The minimum atomic E-state index is -0.863. The van der Waals surface area contributed by atoms with E-state index in [2.05, 4.69) is 38.9 Å². The first-order valence-electron chi connectivity index (χ1n) is 16.0. The van der Waals surface area contributed by atoms with Gasteiger partial charge in [0.05, 0.1) is 10.9 Å². The number of nitrogens with zero attached hydrogens (tertiary/aromatic N) is 5. The van der Waals surface area contributed by atoms with Crippen LogP contribution in [-0.4, -0.2) is 81.5 Å². The molecule has 1 aliphatic carbocycles. The Bertz CT molecular complexity index is 1570. The number of alkyl halides is 1. The van der Waals surface area contributed by atoms with Crippen LogP contribution in [0.5, 0.6) is 11.8 Å². The third kappa shape index (κ3) is 4.55. The van der Waals surface area contributed by atoms with Crippen molar-refractivity contribution in [1.82, 2.24) is 25.2 Å². The summed E-state index contributed by atoms with van der Waals surface area (Å²) in [6, 6.07) is 4.30. The van der Waals surface area contributed by atoms with E-state index in [1.165, 1.54) is 0 Å². The molecular weight excluding hydrogens is 550 g/mol. The number of aromatic hydroxyl groups is 1. The Morgan fingerprint density at radius 1 is 1.07 bits per heavy atom. The number of hydrogen-bond acceptors (Lipinski definition) is 8. The van der Waals surface area contributed by atoms with Gasteiger partial charge in [0.1, 0.15) is 35.6 Å². The standard InChI is InChI=1S/C33H40F2N6O2/c1-18-4-5-19(2)27-24(18)10-23(42)11-25(27)29-28(35)30-26(13-36-29)31(40-15-21-6-7-22(16-40)37-21)39-32(38-30)43-17-33-8-3-9-41(33)14-20(34)12-33/h10-11,13,18-22,37,42H,3-9,12,14-17H2,1-2H3/t18?,19?,20-,21-,22+,33+/m1/s1. The van der Waals surface area contributed by atoms with Crippen LogP contribution < -0.4 is 15.0 Å². The van der Waals surface area contributed by atoms with E-state index in [-0.39, 0.29) is 47.0 Å².